The molecular formula is C27H32N2O3S. The summed E-state index contributed by atoms with van der Waals surface area (Å²) in [5.74, 6) is -0.152. The zero-order valence-corrected chi connectivity index (χ0v) is 21.1. The molecule has 0 aromatic heterocycles. The molecule has 5 nitrogen and oxygen atoms in total. The lowest BCUT2D eigenvalue weighted by molar-refractivity contribution is -0.125. The number of hydrogen-bond acceptors (Lipinski definition) is 4. The van der Waals surface area contributed by atoms with E-state index in [0.717, 1.165) is 46.9 Å². The second kappa shape index (κ2) is 8.32. The second-order valence-corrected chi connectivity index (χ2v) is 11.5. The van der Waals surface area contributed by atoms with Gasteiger partial charge < -0.3 is 5.32 Å². The van der Waals surface area contributed by atoms with Gasteiger partial charge in [-0.2, -0.15) is 0 Å². The molecule has 1 heterocycles. The SMILES string of the molecule is CC(=O)Nc1cccc(CN2C(=O)CSC2=O)c1-c1cc2c(cc1C)C(C)(C)CCC2(C)C. The highest BCUT2D eigenvalue weighted by molar-refractivity contribution is 8.14. The summed E-state index contributed by atoms with van der Waals surface area (Å²) in [5.41, 5.74) is 7.41. The Balaban J connectivity index is 1.93. The number of carbonyl (C=O) groups excluding carboxylic acids is 3. The number of anilines is 1. The van der Waals surface area contributed by atoms with E-state index in [1.54, 1.807) is 0 Å². The Morgan fingerprint density at radius 2 is 1.70 bits per heavy atom. The van der Waals surface area contributed by atoms with Gasteiger partial charge in [0.25, 0.3) is 5.24 Å². The van der Waals surface area contributed by atoms with Gasteiger partial charge >= 0.3 is 0 Å². The van der Waals surface area contributed by atoms with Crippen molar-refractivity contribution in [3.05, 3.63) is 52.6 Å². The van der Waals surface area contributed by atoms with E-state index in [9.17, 15) is 14.4 Å². The van der Waals surface area contributed by atoms with Gasteiger partial charge in [-0.25, -0.2) is 0 Å². The van der Waals surface area contributed by atoms with E-state index < -0.39 is 0 Å². The molecule has 1 saturated heterocycles. The van der Waals surface area contributed by atoms with Crippen molar-refractivity contribution in [3.63, 3.8) is 0 Å². The molecule has 6 heteroatoms. The Bertz CT molecular complexity index is 1150. The highest BCUT2D eigenvalue weighted by atomic mass is 32.2. The van der Waals surface area contributed by atoms with E-state index in [4.69, 9.17) is 0 Å². The normalized spacial score (nSPS) is 18.9. The Morgan fingerprint density at radius 3 is 2.27 bits per heavy atom. The van der Waals surface area contributed by atoms with Crippen LogP contribution >= 0.6 is 11.8 Å². The van der Waals surface area contributed by atoms with Gasteiger partial charge in [0, 0.05) is 18.2 Å². The van der Waals surface area contributed by atoms with Gasteiger partial charge in [-0.15, -0.1) is 0 Å². The summed E-state index contributed by atoms with van der Waals surface area (Å²) in [4.78, 5) is 38.0. The molecular weight excluding hydrogens is 432 g/mol. The number of fused-ring (bicyclic) bond motifs is 1. The standard InChI is InChI=1S/C27H32N2O3S/c1-16-12-20-21(27(5,6)11-10-26(20,3)4)13-19(16)24-18(8-7-9-22(24)28-17(2)30)14-29-23(31)15-33-25(29)32/h7-9,12-13H,10-11,14-15H2,1-6H3,(H,28,30). The summed E-state index contributed by atoms with van der Waals surface area (Å²) in [6, 6.07) is 10.3. The minimum absolute atomic E-state index is 0.0357. The molecule has 2 aromatic rings. The van der Waals surface area contributed by atoms with Crippen molar-refractivity contribution in [2.45, 2.75) is 71.8 Å². The lowest BCUT2D eigenvalue weighted by Crippen LogP contribution is -2.34. The third kappa shape index (κ3) is 4.33. The number of aryl methyl sites for hydroxylation is 1. The van der Waals surface area contributed by atoms with Crippen molar-refractivity contribution in [1.29, 1.82) is 0 Å². The zero-order valence-electron chi connectivity index (χ0n) is 20.3. The minimum Gasteiger partial charge on any atom is -0.326 e. The molecule has 33 heavy (non-hydrogen) atoms. The summed E-state index contributed by atoms with van der Waals surface area (Å²) in [5, 5.41) is 2.75. The summed E-state index contributed by atoms with van der Waals surface area (Å²) in [6.45, 7) is 13.0. The lowest BCUT2D eigenvalue weighted by Gasteiger charge is -2.42. The smallest absolute Gasteiger partial charge is 0.289 e. The molecule has 0 radical (unpaired) electrons. The van der Waals surface area contributed by atoms with Gasteiger partial charge in [0.2, 0.25) is 11.8 Å². The molecule has 2 aromatic carbocycles. The first-order chi connectivity index (χ1) is 15.4. The van der Waals surface area contributed by atoms with Crippen molar-refractivity contribution >= 4 is 34.5 Å². The van der Waals surface area contributed by atoms with E-state index >= 15 is 0 Å². The summed E-state index contributed by atoms with van der Waals surface area (Å²) in [7, 11) is 0. The number of nitrogens with zero attached hydrogens (tertiary/aromatic N) is 1. The summed E-state index contributed by atoms with van der Waals surface area (Å²) in [6.07, 6.45) is 2.24. The molecule has 1 aliphatic carbocycles. The van der Waals surface area contributed by atoms with E-state index in [0.29, 0.717) is 5.69 Å². The maximum absolute atomic E-state index is 12.3. The molecule has 2 aliphatic rings. The zero-order chi connectivity index (χ0) is 24.1. The fourth-order valence-electron chi connectivity index (χ4n) is 5.04. The molecule has 1 N–H and O–H groups in total. The van der Waals surface area contributed by atoms with Crippen molar-refractivity contribution in [1.82, 2.24) is 4.90 Å². The van der Waals surface area contributed by atoms with Crippen LogP contribution in [0.15, 0.2) is 30.3 Å². The van der Waals surface area contributed by atoms with E-state index in [1.807, 2.05) is 18.2 Å². The van der Waals surface area contributed by atoms with Crippen LogP contribution in [0.4, 0.5) is 10.5 Å². The average Bonchev–Trinajstić information content (AvgIpc) is 3.03. The van der Waals surface area contributed by atoms with E-state index in [1.165, 1.54) is 23.0 Å². The quantitative estimate of drug-likeness (QED) is 0.588. The van der Waals surface area contributed by atoms with Crippen LogP contribution in [0.5, 0.6) is 0 Å². The van der Waals surface area contributed by atoms with Crippen molar-refractivity contribution in [2.24, 2.45) is 0 Å². The molecule has 0 spiro atoms. The van der Waals surface area contributed by atoms with Gasteiger partial charge in [-0.3, -0.25) is 19.3 Å². The Morgan fingerprint density at radius 1 is 1.06 bits per heavy atom. The number of amides is 3. The Hall–Kier alpha value is -2.60. The second-order valence-electron chi connectivity index (χ2n) is 10.5. The molecule has 4 rings (SSSR count). The number of rotatable bonds is 4. The number of hydrogen-bond donors (Lipinski definition) is 1. The van der Waals surface area contributed by atoms with Crippen molar-refractivity contribution < 1.29 is 14.4 Å². The van der Waals surface area contributed by atoms with Crippen LogP contribution in [-0.4, -0.2) is 27.7 Å². The van der Waals surface area contributed by atoms with Crippen molar-refractivity contribution in [2.75, 3.05) is 11.1 Å². The topological polar surface area (TPSA) is 66.5 Å². The lowest BCUT2D eigenvalue weighted by atomic mass is 9.62. The summed E-state index contributed by atoms with van der Waals surface area (Å²) < 4.78 is 0. The van der Waals surface area contributed by atoms with Crippen LogP contribution in [0.1, 0.15) is 69.7 Å². The number of thioether (sulfide) groups is 1. The number of benzene rings is 2. The van der Waals surface area contributed by atoms with Crippen LogP contribution in [-0.2, 0) is 27.0 Å². The minimum atomic E-state index is -0.221. The van der Waals surface area contributed by atoms with Gasteiger partial charge in [0.15, 0.2) is 0 Å². The van der Waals surface area contributed by atoms with Gasteiger partial charge in [-0.1, -0.05) is 57.7 Å². The number of carbonyl (C=O) groups is 3. The number of imide groups is 1. The largest absolute Gasteiger partial charge is 0.326 e. The maximum Gasteiger partial charge on any atom is 0.289 e. The average molecular weight is 465 g/mol. The van der Waals surface area contributed by atoms with Gasteiger partial charge in [-0.05, 0) is 70.5 Å². The Kier molecular flexibility index (Phi) is 5.94. The van der Waals surface area contributed by atoms with Crippen LogP contribution < -0.4 is 5.32 Å². The van der Waals surface area contributed by atoms with Crippen LogP contribution in [0.25, 0.3) is 11.1 Å². The van der Waals surface area contributed by atoms with E-state index in [2.05, 4.69) is 52.1 Å². The maximum atomic E-state index is 12.3. The first kappa shape index (κ1) is 23.6. The summed E-state index contributed by atoms with van der Waals surface area (Å²) >= 11 is 1.04. The highest BCUT2D eigenvalue weighted by Gasteiger charge is 2.38. The van der Waals surface area contributed by atoms with Crippen LogP contribution in [0, 0.1) is 6.92 Å². The fourth-order valence-corrected chi connectivity index (χ4v) is 5.76. The molecule has 0 unspecified atom stereocenters. The first-order valence-corrected chi connectivity index (χ1v) is 12.4. The Labute approximate surface area is 200 Å². The molecule has 1 aliphatic heterocycles. The molecule has 0 saturated carbocycles. The fraction of sp³-hybridized carbons (Fsp3) is 0.444. The predicted octanol–water partition coefficient (Wildman–Crippen LogP) is 6.16. The molecule has 3 amide bonds. The molecule has 0 bridgehead atoms. The third-order valence-corrected chi connectivity index (χ3v) is 7.96. The number of nitrogens with one attached hydrogen (secondary N) is 1. The van der Waals surface area contributed by atoms with Crippen molar-refractivity contribution in [3.8, 4) is 11.1 Å². The third-order valence-electron chi connectivity index (χ3n) is 7.10. The predicted molar refractivity (Wildman–Crippen MR) is 135 cm³/mol. The first-order valence-electron chi connectivity index (χ1n) is 11.4. The van der Waals surface area contributed by atoms with Crippen LogP contribution in [0.2, 0.25) is 0 Å². The van der Waals surface area contributed by atoms with Gasteiger partial charge in [0.1, 0.15) is 0 Å². The van der Waals surface area contributed by atoms with Gasteiger partial charge in [0.05, 0.1) is 12.3 Å². The highest BCUT2D eigenvalue weighted by Crippen LogP contribution is 2.48. The molecule has 174 valence electrons. The van der Waals surface area contributed by atoms with Crippen LogP contribution in [0.3, 0.4) is 0 Å². The molecule has 0 atom stereocenters. The monoisotopic (exact) mass is 464 g/mol. The van der Waals surface area contributed by atoms with E-state index in [-0.39, 0.29) is 40.2 Å². The molecule has 1 fully saturated rings.